The number of nitrogens with one attached hydrogen (secondary N) is 1. The SMILES string of the molecule is O=C(NC[C@@H]1CCCN(CC2CC2)C1)[C@H]1CCCN1C(=O)[C@@H]1C[C@@H](O)CN1C(=O)CC(c1ccccc1)(c1ccccc1)c1ccccc1. The van der Waals surface area contributed by atoms with Gasteiger partial charge in [0.2, 0.25) is 17.7 Å². The van der Waals surface area contributed by atoms with Crippen molar-refractivity contribution in [2.24, 2.45) is 11.8 Å². The molecule has 4 aliphatic rings. The Kier molecular flexibility index (Phi) is 10.1. The maximum Gasteiger partial charge on any atom is 0.246 e. The number of benzene rings is 3. The molecule has 3 saturated heterocycles. The monoisotopic (exact) mass is 662 g/mol. The Balaban J connectivity index is 1.08. The van der Waals surface area contributed by atoms with Gasteiger partial charge < -0.3 is 25.1 Å². The van der Waals surface area contributed by atoms with Gasteiger partial charge in [0, 0.05) is 45.6 Å². The van der Waals surface area contributed by atoms with Crippen molar-refractivity contribution >= 4 is 17.7 Å². The zero-order chi connectivity index (χ0) is 33.8. The minimum atomic E-state index is -0.815. The molecule has 3 aromatic carbocycles. The average molecular weight is 663 g/mol. The van der Waals surface area contributed by atoms with Crippen LogP contribution >= 0.6 is 0 Å². The number of carbonyl (C=O) groups is 3. The van der Waals surface area contributed by atoms with Gasteiger partial charge in [0.05, 0.1) is 11.5 Å². The van der Waals surface area contributed by atoms with Gasteiger partial charge in [-0.1, -0.05) is 91.0 Å². The molecule has 3 aromatic rings. The lowest BCUT2D eigenvalue weighted by Gasteiger charge is -2.38. The molecule has 8 heteroatoms. The lowest BCUT2D eigenvalue weighted by molar-refractivity contribution is -0.146. The highest BCUT2D eigenvalue weighted by atomic mass is 16.3. The van der Waals surface area contributed by atoms with Gasteiger partial charge in [0.1, 0.15) is 12.1 Å². The van der Waals surface area contributed by atoms with E-state index in [4.69, 9.17) is 0 Å². The molecule has 1 aliphatic carbocycles. The standard InChI is InChI=1S/C41H50N4O4/c46-35-24-37(40(49)44-23-11-19-36(44)39(48)42-26-31-12-10-22-43(28-31)27-30-20-21-30)45(29-35)38(47)25-41(32-13-4-1-5-14-32,33-15-6-2-7-16-33)34-17-8-3-9-18-34/h1-9,13-18,30-31,35-37,46H,10-12,19-29H2,(H,42,48)/t31-,35+,36+,37-/m0/s1. The topological polar surface area (TPSA) is 93.2 Å². The zero-order valence-corrected chi connectivity index (χ0v) is 28.5. The molecule has 0 aromatic heterocycles. The lowest BCUT2D eigenvalue weighted by Crippen LogP contribution is -2.54. The molecule has 4 fully saturated rings. The van der Waals surface area contributed by atoms with Crippen LogP contribution in [0.1, 0.15) is 68.1 Å². The third kappa shape index (κ3) is 7.31. The molecule has 7 rings (SSSR count). The Labute approximate surface area is 290 Å². The second-order valence-corrected chi connectivity index (χ2v) is 14.8. The van der Waals surface area contributed by atoms with Crippen molar-refractivity contribution < 1.29 is 19.5 Å². The minimum absolute atomic E-state index is 0.0879. The summed E-state index contributed by atoms with van der Waals surface area (Å²) >= 11 is 0. The van der Waals surface area contributed by atoms with Gasteiger partial charge in [-0.2, -0.15) is 0 Å². The summed E-state index contributed by atoms with van der Waals surface area (Å²) < 4.78 is 0. The average Bonchev–Trinajstić information content (AvgIpc) is 3.65. The van der Waals surface area contributed by atoms with Crippen molar-refractivity contribution in [3.63, 3.8) is 0 Å². The second kappa shape index (κ2) is 14.9. The normalized spacial score (nSPS) is 24.6. The largest absolute Gasteiger partial charge is 0.391 e. The fourth-order valence-electron chi connectivity index (χ4n) is 8.63. The van der Waals surface area contributed by atoms with E-state index in [1.807, 2.05) is 54.6 Å². The van der Waals surface area contributed by atoms with Crippen molar-refractivity contribution in [3.05, 3.63) is 108 Å². The maximum atomic E-state index is 14.6. The van der Waals surface area contributed by atoms with E-state index >= 15 is 0 Å². The molecule has 4 atom stereocenters. The highest BCUT2D eigenvalue weighted by molar-refractivity contribution is 5.93. The van der Waals surface area contributed by atoms with Crippen LogP contribution in [0.3, 0.4) is 0 Å². The molecule has 2 N–H and O–H groups in total. The van der Waals surface area contributed by atoms with Crippen molar-refractivity contribution in [2.75, 3.05) is 39.3 Å². The van der Waals surface area contributed by atoms with Gasteiger partial charge in [-0.25, -0.2) is 0 Å². The molecule has 0 bridgehead atoms. The quantitative estimate of drug-likeness (QED) is 0.293. The highest BCUT2D eigenvalue weighted by Crippen LogP contribution is 2.43. The van der Waals surface area contributed by atoms with Crippen LogP contribution in [-0.2, 0) is 19.8 Å². The van der Waals surface area contributed by atoms with Crippen LogP contribution in [-0.4, -0.2) is 95.0 Å². The molecule has 3 aliphatic heterocycles. The molecule has 8 nitrogen and oxygen atoms in total. The van der Waals surface area contributed by atoms with Crippen LogP contribution in [0.25, 0.3) is 0 Å². The molecular formula is C41H50N4O4. The number of hydrogen-bond acceptors (Lipinski definition) is 5. The number of likely N-dealkylation sites (tertiary alicyclic amines) is 3. The third-order valence-corrected chi connectivity index (χ3v) is 11.3. The molecular weight excluding hydrogens is 612 g/mol. The van der Waals surface area contributed by atoms with E-state index in [0.29, 0.717) is 25.4 Å². The fraction of sp³-hybridized carbons (Fsp3) is 0.488. The Morgan fingerprint density at radius 2 is 1.29 bits per heavy atom. The molecule has 1 saturated carbocycles. The highest BCUT2D eigenvalue weighted by Gasteiger charge is 2.47. The van der Waals surface area contributed by atoms with E-state index in [2.05, 4.69) is 46.6 Å². The molecule has 3 amide bonds. The van der Waals surface area contributed by atoms with Crippen molar-refractivity contribution in [1.29, 1.82) is 0 Å². The Morgan fingerprint density at radius 3 is 1.88 bits per heavy atom. The van der Waals surface area contributed by atoms with E-state index in [0.717, 1.165) is 55.0 Å². The number of amides is 3. The summed E-state index contributed by atoms with van der Waals surface area (Å²) in [5, 5.41) is 14.1. The van der Waals surface area contributed by atoms with Gasteiger partial charge in [0.15, 0.2) is 0 Å². The fourth-order valence-corrected chi connectivity index (χ4v) is 8.63. The van der Waals surface area contributed by atoms with Gasteiger partial charge in [-0.3, -0.25) is 14.4 Å². The molecule has 0 radical (unpaired) electrons. The van der Waals surface area contributed by atoms with Crippen LogP contribution < -0.4 is 5.32 Å². The smallest absolute Gasteiger partial charge is 0.246 e. The van der Waals surface area contributed by atoms with Crippen LogP contribution in [0.4, 0.5) is 0 Å². The van der Waals surface area contributed by atoms with Crippen LogP contribution in [0.2, 0.25) is 0 Å². The summed E-state index contributed by atoms with van der Waals surface area (Å²) in [7, 11) is 0. The first-order valence-corrected chi connectivity index (χ1v) is 18.4. The van der Waals surface area contributed by atoms with E-state index in [1.165, 1.54) is 19.4 Å². The minimum Gasteiger partial charge on any atom is -0.391 e. The number of nitrogens with zero attached hydrogens (tertiary/aromatic N) is 3. The summed E-state index contributed by atoms with van der Waals surface area (Å²) in [5.74, 6) is 0.760. The van der Waals surface area contributed by atoms with E-state index in [1.54, 1.807) is 9.80 Å². The lowest BCUT2D eigenvalue weighted by atomic mass is 9.67. The molecule has 3 heterocycles. The van der Waals surface area contributed by atoms with Crippen molar-refractivity contribution in [1.82, 2.24) is 20.0 Å². The van der Waals surface area contributed by atoms with Crippen LogP contribution in [0.15, 0.2) is 91.0 Å². The first-order chi connectivity index (χ1) is 23.9. The Morgan fingerprint density at radius 1 is 0.694 bits per heavy atom. The van der Waals surface area contributed by atoms with E-state index < -0.39 is 23.6 Å². The predicted octanol–water partition coefficient (Wildman–Crippen LogP) is 4.60. The van der Waals surface area contributed by atoms with Crippen LogP contribution in [0, 0.1) is 11.8 Å². The molecule has 258 valence electrons. The predicted molar refractivity (Wildman–Crippen MR) is 190 cm³/mol. The summed E-state index contributed by atoms with van der Waals surface area (Å²) in [6.45, 7) is 4.56. The number of rotatable bonds is 11. The molecule has 0 spiro atoms. The third-order valence-electron chi connectivity index (χ3n) is 11.3. The van der Waals surface area contributed by atoms with E-state index in [-0.39, 0.29) is 37.1 Å². The number of aliphatic hydroxyl groups excluding tert-OH is 1. The number of aliphatic hydroxyl groups is 1. The summed E-state index contributed by atoms with van der Waals surface area (Å²) in [6, 6.07) is 28.8. The molecule has 0 unspecified atom stereocenters. The first kappa shape index (κ1) is 33.5. The molecule has 49 heavy (non-hydrogen) atoms. The second-order valence-electron chi connectivity index (χ2n) is 14.8. The number of piperidine rings is 1. The van der Waals surface area contributed by atoms with Gasteiger partial charge in [-0.05, 0) is 73.6 Å². The van der Waals surface area contributed by atoms with Gasteiger partial charge in [-0.15, -0.1) is 0 Å². The Hall–Kier alpha value is -4.01. The number of carbonyl (C=O) groups excluding carboxylic acids is 3. The number of β-amino-alcohol motifs (C(OH)–C–C–N with tert-alkyl or cyclic N) is 1. The summed E-state index contributed by atoms with van der Waals surface area (Å²) in [5.41, 5.74) is 2.13. The summed E-state index contributed by atoms with van der Waals surface area (Å²) in [6.07, 6.45) is 5.77. The zero-order valence-electron chi connectivity index (χ0n) is 28.5. The van der Waals surface area contributed by atoms with Gasteiger partial charge >= 0.3 is 0 Å². The van der Waals surface area contributed by atoms with Crippen molar-refractivity contribution in [3.8, 4) is 0 Å². The van der Waals surface area contributed by atoms with Crippen LogP contribution in [0.5, 0.6) is 0 Å². The first-order valence-electron chi connectivity index (χ1n) is 18.4. The Bertz CT molecular complexity index is 1480. The maximum absolute atomic E-state index is 14.6. The summed E-state index contributed by atoms with van der Waals surface area (Å²) in [4.78, 5) is 48.3. The van der Waals surface area contributed by atoms with E-state index in [9.17, 15) is 19.5 Å². The van der Waals surface area contributed by atoms with Gasteiger partial charge in [0.25, 0.3) is 0 Å². The van der Waals surface area contributed by atoms with Crippen molar-refractivity contribution in [2.45, 2.75) is 75.0 Å². The number of hydrogen-bond donors (Lipinski definition) is 2.